The molecule has 0 saturated carbocycles. The number of rotatable bonds is 5. The maximum Gasteiger partial charge on any atom is 0.287 e. The van der Waals surface area contributed by atoms with Crippen molar-refractivity contribution in [2.45, 2.75) is 39.3 Å². The largest absolute Gasteiger partial charge is 0.459 e. The van der Waals surface area contributed by atoms with E-state index in [-0.39, 0.29) is 23.6 Å². The first-order valence-electron chi connectivity index (χ1n) is 5.69. The van der Waals surface area contributed by atoms with Gasteiger partial charge in [0, 0.05) is 6.04 Å². The van der Waals surface area contributed by atoms with Crippen molar-refractivity contribution in [1.82, 2.24) is 10.6 Å². The van der Waals surface area contributed by atoms with Crippen LogP contribution in [0.4, 0.5) is 0 Å². The number of amides is 2. The molecule has 0 radical (unpaired) electrons. The Morgan fingerprint density at radius 1 is 1.35 bits per heavy atom. The van der Waals surface area contributed by atoms with Gasteiger partial charge in [0.05, 0.1) is 6.26 Å². The molecule has 0 aliphatic rings. The topological polar surface area (TPSA) is 71.3 Å². The van der Waals surface area contributed by atoms with E-state index in [4.69, 9.17) is 4.42 Å². The van der Waals surface area contributed by atoms with Crippen molar-refractivity contribution in [1.29, 1.82) is 0 Å². The molecule has 0 spiro atoms. The molecule has 1 rings (SSSR count). The third-order valence-corrected chi connectivity index (χ3v) is 2.49. The summed E-state index contributed by atoms with van der Waals surface area (Å²) in [5.74, 6) is -0.380. The van der Waals surface area contributed by atoms with Gasteiger partial charge in [0.1, 0.15) is 6.04 Å². The van der Waals surface area contributed by atoms with Gasteiger partial charge in [-0.1, -0.05) is 6.92 Å². The summed E-state index contributed by atoms with van der Waals surface area (Å²) in [6.45, 7) is 5.54. The summed E-state index contributed by atoms with van der Waals surface area (Å²) in [6, 6.07) is 2.69. The lowest BCUT2D eigenvalue weighted by Gasteiger charge is -2.16. The van der Waals surface area contributed by atoms with Gasteiger partial charge in [-0.15, -0.1) is 0 Å². The van der Waals surface area contributed by atoms with Crippen LogP contribution in [0, 0.1) is 0 Å². The highest BCUT2D eigenvalue weighted by atomic mass is 16.3. The predicted molar refractivity (Wildman–Crippen MR) is 63.5 cm³/mol. The second-order valence-electron chi connectivity index (χ2n) is 3.99. The molecule has 17 heavy (non-hydrogen) atoms. The van der Waals surface area contributed by atoms with Crippen molar-refractivity contribution < 1.29 is 14.0 Å². The number of carbonyl (C=O) groups is 2. The summed E-state index contributed by atoms with van der Waals surface area (Å²) in [5.41, 5.74) is 0. The number of furan rings is 1. The number of carbonyl (C=O) groups excluding carboxylic acids is 2. The fraction of sp³-hybridized carbons (Fsp3) is 0.500. The monoisotopic (exact) mass is 238 g/mol. The van der Waals surface area contributed by atoms with Crippen molar-refractivity contribution in [3.63, 3.8) is 0 Å². The standard InChI is InChI=1S/C12H18N2O3/c1-4-8(2)13-11(15)9(3)14-12(16)10-6-5-7-17-10/h5-9H,4H2,1-3H3,(H,13,15)(H,14,16). The van der Waals surface area contributed by atoms with Crippen LogP contribution in [0.25, 0.3) is 0 Å². The zero-order valence-electron chi connectivity index (χ0n) is 10.3. The molecule has 5 nitrogen and oxygen atoms in total. The SMILES string of the molecule is CCC(C)NC(=O)C(C)NC(=O)c1ccco1. The Hall–Kier alpha value is -1.78. The average Bonchev–Trinajstić information content (AvgIpc) is 2.82. The maximum atomic E-state index is 11.7. The quantitative estimate of drug-likeness (QED) is 0.812. The molecule has 0 aliphatic carbocycles. The molecular formula is C12H18N2O3. The fourth-order valence-corrected chi connectivity index (χ4v) is 1.21. The van der Waals surface area contributed by atoms with Gasteiger partial charge in [-0.2, -0.15) is 0 Å². The van der Waals surface area contributed by atoms with Crippen molar-refractivity contribution in [2.24, 2.45) is 0 Å². The number of hydrogen-bond acceptors (Lipinski definition) is 3. The Bertz CT molecular complexity index is 373. The van der Waals surface area contributed by atoms with Gasteiger partial charge in [0.25, 0.3) is 5.91 Å². The smallest absolute Gasteiger partial charge is 0.287 e. The van der Waals surface area contributed by atoms with Crippen LogP contribution in [-0.4, -0.2) is 23.9 Å². The van der Waals surface area contributed by atoms with Crippen LogP contribution >= 0.6 is 0 Å². The van der Waals surface area contributed by atoms with E-state index in [1.807, 2.05) is 13.8 Å². The molecule has 94 valence electrons. The molecule has 0 fully saturated rings. The van der Waals surface area contributed by atoms with Crippen LogP contribution < -0.4 is 10.6 Å². The fourth-order valence-electron chi connectivity index (χ4n) is 1.21. The second-order valence-corrected chi connectivity index (χ2v) is 3.99. The first-order chi connectivity index (χ1) is 8.04. The molecule has 5 heteroatoms. The van der Waals surface area contributed by atoms with Gasteiger partial charge in [0.15, 0.2) is 5.76 Å². The molecule has 0 bridgehead atoms. The van der Waals surface area contributed by atoms with E-state index in [1.165, 1.54) is 6.26 Å². The molecule has 2 atom stereocenters. The normalized spacial score (nSPS) is 13.8. The van der Waals surface area contributed by atoms with E-state index in [2.05, 4.69) is 10.6 Å². The van der Waals surface area contributed by atoms with Gasteiger partial charge in [-0.05, 0) is 32.4 Å². The van der Waals surface area contributed by atoms with E-state index in [1.54, 1.807) is 19.1 Å². The molecule has 1 heterocycles. The lowest BCUT2D eigenvalue weighted by atomic mass is 10.2. The summed E-state index contributed by atoms with van der Waals surface area (Å²) < 4.78 is 4.93. The zero-order chi connectivity index (χ0) is 12.8. The van der Waals surface area contributed by atoms with E-state index in [0.29, 0.717) is 0 Å². The molecule has 0 saturated heterocycles. The minimum Gasteiger partial charge on any atom is -0.459 e. The Morgan fingerprint density at radius 2 is 2.06 bits per heavy atom. The van der Waals surface area contributed by atoms with Crippen molar-refractivity contribution >= 4 is 11.8 Å². The highest BCUT2D eigenvalue weighted by Gasteiger charge is 2.18. The molecule has 0 aromatic carbocycles. The van der Waals surface area contributed by atoms with Gasteiger partial charge >= 0.3 is 0 Å². The molecule has 1 aromatic heterocycles. The Morgan fingerprint density at radius 3 is 2.59 bits per heavy atom. The number of hydrogen-bond donors (Lipinski definition) is 2. The molecule has 1 aromatic rings. The van der Waals surface area contributed by atoms with E-state index in [0.717, 1.165) is 6.42 Å². The lowest BCUT2D eigenvalue weighted by Crippen LogP contribution is -2.47. The van der Waals surface area contributed by atoms with Crippen molar-refractivity contribution in [2.75, 3.05) is 0 Å². The van der Waals surface area contributed by atoms with Crippen LogP contribution in [-0.2, 0) is 4.79 Å². The summed E-state index contributed by atoms with van der Waals surface area (Å²) in [4.78, 5) is 23.3. The van der Waals surface area contributed by atoms with Crippen LogP contribution in [0.3, 0.4) is 0 Å². The molecule has 2 amide bonds. The first-order valence-corrected chi connectivity index (χ1v) is 5.69. The maximum absolute atomic E-state index is 11.7. The Balaban J connectivity index is 2.46. The Kier molecular flexibility index (Phi) is 4.75. The van der Waals surface area contributed by atoms with Crippen molar-refractivity contribution in [3.8, 4) is 0 Å². The second kappa shape index (κ2) is 6.08. The summed E-state index contributed by atoms with van der Waals surface area (Å²) in [7, 11) is 0. The van der Waals surface area contributed by atoms with Crippen LogP contribution in [0.15, 0.2) is 22.8 Å². The molecule has 2 unspecified atom stereocenters. The van der Waals surface area contributed by atoms with Gasteiger partial charge in [-0.3, -0.25) is 9.59 Å². The third-order valence-electron chi connectivity index (χ3n) is 2.49. The molecular weight excluding hydrogens is 220 g/mol. The highest BCUT2D eigenvalue weighted by Crippen LogP contribution is 2.00. The van der Waals surface area contributed by atoms with Gasteiger partial charge < -0.3 is 15.1 Å². The van der Waals surface area contributed by atoms with Crippen LogP contribution in [0.2, 0.25) is 0 Å². The van der Waals surface area contributed by atoms with E-state index >= 15 is 0 Å². The highest BCUT2D eigenvalue weighted by molar-refractivity contribution is 5.95. The summed E-state index contributed by atoms with van der Waals surface area (Å²) in [5, 5.41) is 5.36. The van der Waals surface area contributed by atoms with Crippen molar-refractivity contribution in [3.05, 3.63) is 24.2 Å². The summed E-state index contributed by atoms with van der Waals surface area (Å²) >= 11 is 0. The molecule has 2 N–H and O–H groups in total. The Labute approximate surface area is 101 Å². The van der Waals surface area contributed by atoms with Gasteiger partial charge in [-0.25, -0.2) is 0 Å². The average molecular weight is 238 g/mol. The van der Waals surface area contributed by atoms with E-state index < -0.39 is 6.04 Å². The predicted octanol–water partition coefficient (Wildman–Crippen LogP) is 1.31. The number of nitrogens with one attached hydrogen (secondary N) is 2. The lowest BCUT2D eigenvalue weighted by molar-refractivity contribution is -0.123. The zero-order valence-corrected chi connectivity index (χ0v) is 10.3. The van der Waals surface area contributed by atoms with Crippen LogP contribution in [0.5, 0.6) is 0 Å². The first kappa shape index (κ1) is 13.3. The van der Waals surface area contributed by atoms with E-state index in [9.17, 15) is 9.59 Å². The van der Waals surface area contributed by atoms with Gasteiger partial charge in [0.2, 0.25) is 5.91 Å². The minimum atomic E-state index is -0.582. The minimum absolute atomic E-state index is 0.102. The van der Waals surface area contributed by atoms with Crippen LogP contribution in [0.1, 0.15) is 37.7 Å². The molecule has 0 aliphatic heterocycles. The third kappa shape index (κ3) is 3.94. The summed E-state index contributed by atoms with van der Waals surface area (Å²) in [6.07, 6.45) is 2.27.